The van der Waals surface area contributed by atoms with Gasteiger partial charge < -0.3 is 4.90 Å². The van der Waals surface area contributed by atoms with Crippen LogP contribution in [0.25, 0.3) is 0 Å². The predicted octanol–water partition coefficient (Wildman–Crippen LogP) is 3.54. The summed E-state index contributed by atoms with van der Waals surface area (Å²) in [6.45, 7) is 0.453. The quantitative estimate of drug-likeness (QED) is 0.756. The van der Waals surface area contributed by atoms with Gasteiger partial charge in [-0.25, -0.2) is 13.1 Å². The minimum atomic E-state index is -3.42. The molecular weight excluding hydrogens is 344 g/mol. The summed E-state index contributed by atoms with van der Waals surface area (Å²) >= 11 is 0. The van der Waals surface area contributed by atoms with E-state index >= 15 is 0 Å². The number of sulfonamides is 1. The first-order valence-corrected chi connectivity index (χ1v) is 10.8. The number of nitrogens with zero attached hydrogens (tertiary/aromatic N) is 1. The molecule has 0 spiro atoms. The fourth-order valence-corrected chi connectivity index (χ4v) is 4.54. The standard InChI is InChI=1S/C21H28N2O2S/c1-23(2)20-12-9-17(10-13-20)6-5-15-22-26(24,25)21-14-11-18-7-3-4-8-19(18)16-21/h9-14,16,22H,3-8,15H2,1-2H3. The van der Waals surface area contributed by atoms with Crippen LogP contribution in [-0.2, 0) is 29.3 Å². The van der Waals surface area contributed by atoms with Gasteiger partial charge in [-0.2, -0.15) is 0 Å². The van der Waals surface area contributed by atoms with Crippen LogP contribution in [0.1, 0.15) is 36.0 Å². The maximum atomic E-state index is 12.5. The second-order valence-corrected chi connectivity index (χ2v) is 8.97. The van der Waals surface area contributed by atoms with Gasteiger partial charge in [0.1, 0.15) is 0 Å². The van der Waals surface area contributed by atoms with Crippen LogP contribution >= 0.6 is 0 Å². The molecule has 26 heavy (non-hydrogen) atoms. The minimum absolute atomic E-state index is 0.397. The molecule has 0 atom stereocenters. The van der Waals surface area contributed by atoms with Crippen LogP contribution in [-0.4, -0.2) is 29.1 Å². The molecule has 0 saturated carbocycles. The third-order valence-corrected chi connectivity index (χ3v) is 6.48. The molecule has 0 radical (unpaired) electrons. The Balaban J connectivity index is 1.53. The van der Waals surface area contributed by atoms with Gasteiger partial charge in [-0.15, -0.1) is 0 Å². The molecule has 2 aromatic rings. The average Bonchev–Trinajstić information content (AvgIpc) is 2.65. The zero-order valence-corrected chi connectivity index (χ0v) is 16.5. The highest BCUT2D eigenvalue weighted by molar-refractivity contribution is 7.89. The summed E-state index contributed by atoms with van der Waals surface area (Å²) in [5.74, 6) is 0. The van der Waals surface area contributed by atoms with E-state index in [0.717, 1.165) is 32.1 Å². The predicted molar refractivity (Wildman–Crippen MR) is 107 cm³/mol. The molecule has 140 valence electrons. The maximum absolute atomic E-state index is 12.5. The Morgan fingerprint density at radius 2 is 1.65 bits per heavy atom. The second kappa shape index (κ2) is 8.23. The van der Waals surface area contributed by atoms with E-state index in [-0.39, 0.29) is 0 Å². The fourth-order valence-electron chi connectivity index (χ4n) is 3.42. The van der Waals surface area contributed by atoms with E-state index in [2.05, 4.69) is 33.9 Å². The first kappa shape index (κ1) is 18.9. The fraction of sp³-hybridized carbons (Fsp3) is 0.429. The molecule has 4 nitrogen and oxygen atoms in total. The van der Waals surface area contributed by atoms with Gasteiger partial charge in [0.25, 0.3) is 0 Å². The van der Waals surface area contributed by atoms with Crippen molar-refractivity contribution in [1.82, 2.24) is 4.72 Å². The van der Waals surface area contributed by atoms with Gasteiger partial charge in [0.05, 0.1) is 4.90 Å². The smallest absolute Gasteiger partial charge is 0.240 e. The molecule has 0 unspecified atom stereocenters. The normalized spacial score (nSPS) is 14.1. The monoisotopic (exact) mass is 372 g/mol. The number of hydrogen-bond acceptors (Lipinski definition) is 3. The van der Waals surface area contributed by atoms with Gasteiger partial charge in [0.15, 0.2) is 0 Å². The molecule has 0 fully saturated rings. The molecule has 1 aliphatic carbocycles. The van der Waals surface area contributed by atoms with E-state index < -0.39 is 10.0 Å². The summed E-state index contributed by atoms with van der Waals surface area (Å²) in [5.41, 5.74) is 4.89. The lowest BCUT2D eigenvalue weighted by Crippen LogP contribution is -2.25. The number of benzene rings is 2. The van der Waals surface area contributed by atoms with Crippen molar-refractivity contribution in [1.29, 1.82) is 0 Å². The lowest BCUT2D eigenvalue weighted by Gasteiger charge is -2.16. The van der Waals surface area contributed by atoms with Crippen LogP contribution < -0.4 is 9.62 Å². The SMILES string of the molecule is CN(C)c1ccc(CCCNS(=O)(=O)c2ccc3c(c2)CCCC3)cc1. The van der Waals surface area contributed by atoms with Crippen LogP contribution in [0.3, 0.4) is 0 Å². The van der Waals surface area contributed by atoms with Crippen molar-refractivity contribution in [2.75, 3.05) is 25.5 Å². The molecule has 1 aliphatic rings. The molecular formula is C21H28N2O2S. The lowest BCUT2D eigenvalue weighted by molar-refractivity contribution is 0.578. The van der Waals surface area contributed by atoms with E-state index in [4.69, 9.17) is 0 Å². The van der Waals surface area contributed by atoms with E-state index in [0.29, 0.717) is 11.4 Å². The Bertz CT molecular complexity index is 843. The topological polar surface area (TPSA) is 49.4 Å². The van der Waals surface area contributed by atoms with Crippen molar-refractivity contribution in [2.24, 2.45) is 0 Å². The van der Waals surface area contributed by atoms with Crippen molar-refractivity contribution in [3.63, 3.8) is 0 Å². The minimum Gasteiger partial charge on any atom is -0.378 e. The van der Waals surface area contributed by atoms with Crippen LogP contribution in [0.5, 0.6) is 0 Å². The highest BCUT2D eigenvalue weighted by Gasteiger charge is 2.17. The van der Waals surface area contributed by atoms with Crippen LogP contribution in [0.15, 0.2) is 47.4 Å². The Kier molecular flexibility index (Phi) is 5.99. The van der Waals surface area contributed by atoms with E-state index in [1.807, 2.05) is 26.2 Å². The number of hydrogen-bond donors (Lipinski definition) is 1. The van der Waals surface area contributed by atoms with Gasteiger partial charge in [-0.3, -0.25) is 0 Å². The summed E-state index contributed by atoms with van der Waals surface area (Å²) < 4.78 is 27.8. The molecule has 5 heteroatoms. The zero-order chi connectivity index (χ0) is 18.6. The van der Waals surface area contributed by atoms with Gasteiger partial charge in [0.2, 0.25) is 10.0 Å². The van der Waals surface area contributed by atoms with Crippen molar-refractivity contribution < 1.29 is 8.42 Å². The lowest BCUT2D eigenvalue weighted by atomic mass is 9.92. The molecule has 3 rings (SSSR count). The average molecular weight is 373 g/mol. The Hall–Kier alpha value is -1.85. The number of rotatable bonds is 7. The summed E-state index contributed by atoms with van der Waals surface area (Å²) in [6, 6.07) is 14.0. The zero-order valence-electron chi connectivity index (χ0n) is 15.7. The number of fused-ring (bicyclic) bond motifs is 1. The molecule has 0 aromatic heterocycles. The summed E-state index contributed by atoms with van der Waals surface area (Å²) in [6.07, 6.45) is 6.05. The first-order chi connectivity index (χ1) is 12.5. The van der Waals surface area contributed by atoms with E-state index in [9.17, 15) is 8.42 Å². The Morgan fingerprint density at radius 3 is 2.35 bits per heavy atom. The summed E-state index contributed by atoms with van der Waals surface area (Å²) in [4.78, 5) is 2.46. The van der Waals surface area contributed by atoms with Crippen LogP contribution in [0.2, 0.25) is 0 Å². The number of anilines is 1. The summed E-state index contributed by atoms with van der Waals surface area (Å²) in [5, 5.41) is 0. The number of aryl methyl sites for hydroxylation is 3. The molecule has 0 aliphatic heterocycles. The molecule has 0 heterocycles. The largest absolute Gasteiger partial charge is 0.378 e. The molecule has 0 bridgehead atoms. The van der Waals surface area contributed by atoms with E-state index in [1.54, 1.807) is 6.07 Å². The van der Waals surface area contributed by atoms with Crippen molar-refractivity contribution in [3.05, 3.63) is 59.2 Å². The van der Waals surface area contributed by atoms with Crippen molar-refractivity contribution in [3.8, 4) is 0 Å². The van der Waals surface area contributed by atoms with Gasteiger partial charge in [0, 0.05) is 26.3 Å². The third kappa shape index (κ3) is 4.65. The van der Waals surface area contributed by atoms with E-state index in [1.165, 1.54) is 28.8 Å². The van der Waals surface area contributed by atoms with Crippen molar-refractivity contribution >= 4 is 15.7 Å². The first-order valence-electron chi connectivity index (χ1n) is 9.33. The van der Waals surface area contributed by atoms with Crippen molar-refractivity contribution in [2.45, 2.75) is 43.4 Å². The Labute approximate surface area is 157 Å². The molecule has 1 N–H and O–H groups in total. The maximum Gasteiger partial charge on any atom is 0.240 e. The Morgan fingerprint density at radius 1 is 0.962 bits per heavy atom. The highest BCUT2D eigenvalue weighted by atomic mass is 32.2. The van der Waals surface area contributed by atoms with Gasteiger partial charge in [-0.1, -0.05) is 18.2 Å². The van der Waals surface area contributed by atoms with Gasteiger partial charge in [-0.05, 0) is 79.5 Å². The second-order valence-electron chi connectivity index (χ2n) is 7.20. The van der Waals surface area contributed by atoms with Gasteiger partial charge >= 0.3 is 0 Å². The van der Waals surface area contributed by atoms with Crippen LogP contribution in [0.4, 0.5) is 5.69 Å². The third-order valence-electron chi connectivity index (χ3n) is 5.02. The highest BCUT2D eigenvalue weighted by Crippen LogP contribution is 2.24. The van der Waals surface area contributed by atoms with Crippen LogP contribution in [0, 0.1) is 0 Å². The molecule has 2 aromatic carbocycles. The summed E-state index contributed by atoms with van der Waals surface area (Å²) in [7, 11) is 0.614. The molecule has 0 amide bonds. The number of nitrogens with one attached hydrogen (secondary N) is 1. The molecule has 0 saturated heterocycles.